The number of carbonyl (C=O) groups is 1. The molecule has 4 aromatic rings. The number of para-hydroxylation sites is 1. The molecule has 5 rings (SSSR count). The van der Waals surface area contributed by atoms with E-state index in [1.807, 2.05) is 71.6 Å². The van der Waals surface area contributed by atoms with E-state index in [0.29, 0.717) is 22.4 Å². The summed E-state index contributed by atoms with van der Waals surface area (Å²) in [6, 6.07) is 18.9. The van der Waals surface area contributed by atoms with Crippen LogP contribution in [0.1, 0.15) is 29.0 Å². The monoisotopic (exact) mass is 507 g/mol. The fourth-order valence-corrected chi connectivity index (χ4v) is 6.01. The Bertz CT molecular complexity index is 1380. The third-order valence-electron chi connectivity index (χ3n) is 5.57. The number of carbonyl (C=O) groups excluding carboxylic acids is 1. The number of allylic oxidation sites excluding steroid dienone is 1. The van der Waals surface area contributed by atoms with Crippen LogP contribution in [0.2, 0.25) is 5.02 Å². The lowest BCUT2D eigenvalue weighted by atomic mass is 9.99. The van der Waals surface area contributed by atoms with Crippen molar-refractivity contribution in [3.63, 3.8) is 0 Å². The van der Waals surface area contributed by atoms with Gasteiger partial charge in [0.2, 0.25) is 11.1 Å². The van der Waals surface area contributed by atoms with Gasteiger partial charge in [0.25, 0.3) is 5.91 Å². The van der Waals surface area contributed by atoms with Crippen molar-refractivity contribution in [2.45, 2.75) is 30.8 Å². The molecule has 34 heavy (non-hydrogen) atoms. The van der Waals surface area contributed by atoms with E-state index in [1.165, 1.54) is 11.8 Å². The van der Waals surface area contributed by atoms with Gasteiger partial charge in [0, 0.05) is 27.0 Å². The van der Waals surface area contributed by atoms with Gasteiger partial charge in [-0.1, -0.05) is 59.8 Å². The molecule has 2 aromatic carbocycles. The average Bonchev–Trinajstić information content (AvgIpc) is 3.43. The molecule has 0 spiro atoms. The fourth-order valence-electron chi connectivity index (χ4n) is 3.87. The van der Waals surface area contributed by atoms with Crippen LogP contribution in [0, 0.1) is 6.92 Å². The summed E-state index contributed by atoms with van der Waals surface area (Å²) in [4.78, 5) is 19.2. The molecule has 0 fully saturated rings. The van der Waals surface area contributed by atoms with Gasteiger partial charge < -0.3 is 10.6 Å². The van der Waals surface area contributed by atoms with Crippen LogP contribution in [0.4, 0.5) is 11.6 Å². The molecule has 2 N–H and O–H groups in total. The summed E-state index contributed by atoms with van der Waals surface area (Å²) in [7, 11) is 0. The quantitative estimate of drug-likeness (QED) is 0.291. The van der Waals surface area contributed by atoms with Gasteiger partial charge in [0.15, 0.2) is 0 Å². The molecular formula is C25H22ClN5OS2. The predicted octanol–water partition coefficient (Wildman–Crippen LogP) is 6.52. The smallest absolute Gasteiger partial charge is 0.255 e. The molecule has 0 bridgehead atoms. The maximum atomic E-state index is 13.5. The molecule has 1 aliphatic heterocycles. The van der Waals surface area contributed by atoms with Crippen LogP contribution < -0.4 is 10.6 Å². The summed E-state index contributed by atoms with van der Waals surface area (Å²) in [5, 5.41) is 14.5. The van der Waals surface area contributed by atoms with Crippen LogP contribution in [0.15, 0.2) is 82.5 Å². The first-order valence-electron chi connectivity index (χ1n) is 10.7. The van der Waals surface area contributed by atoms with Crippen LogP contribution in [0.5, 0.6) is 0 Å². The largest absolute Gasteiger partial charge is 0.328 e. The topological polar surface area (TPSA) is 71.8 Å². The Morgan fingerprint density at radius 3 is 2.65 bits per heavy atom. The Balaban J connectivity index is 1.49. The van der Waals surface area contributed by atoms with Crippen molar-refractivity contribution in [3.05, 3.63) is 98.3 Å². The van der Waals surface area contributed by atoms with Gasteiger partial charge in [-0.25, -0.2) is 4.68 Å². The first-order valence-corrected chi connectivity index (χ1v) is 13.0. The number of fused-ring (bicyclic) bond motifs is 1. The van der Waals surface area contributed by atoms with Crippen molar-refractivity contribution in [3.8, 4) is 0 Å². The lowest BCUT2D eigenvalue weighted by Crippen LogP contribution is -2.31. The maximum absolute atomic E-state index is 13.5. The van der Waals surface area contributed by atoms with Crippen LogP contribution in [-0.2, 0) is 10.5 Å². The summed E-state index contributed by atoms with van der Waals surface area (Å²) in [6.07, 6.45) is 0. The summed E-state index contributed by atoms with van der Waals surface area (Å²) in [5.41, 5.74) is 4.26. The molecule has 2 aromatic heterocycles. The van der Waals surface area contributed by atoms with Gasteiger partial charge in [-0.2, -0.15) is 4.98 Å². The summed E-state index contributed by atoms with van der Waals surface area (Å²) >= 11 is 9.45. The number of thiophene rings is 1. The second-order valence-corrected chi connectivity index (χ2v) is 10.2. The highest BCUT2D eigenvalue weighted by molar-refractivity contribution is 7.98. The number of rotatable bonds is 6. The van der Waals surface area contributed by atoms with Crippen molar-refractivity contribution in [2.75, 3.05) is 10.6 Å². The van der Waals surface area contributed by atoms with Gasteiger partial charge in [0.1, 0.15) is 6.04 Å². The molecule has 0 aliphatic carbocycles. The van der Waals surface area contributed by atoms with Crippen molar-refractivity contribution in [1.29, 1.82) is 0 Å². The number of hydrogen-bond donors (Lipinski definition) is 2. The highest BCUT2D eigenvalue weighted by Gasteiger charge is 2.35. The molecule has 0 saturated heterocycles. The molecule has 1 atom stereocenters. The number of aryl methyl sites for hydroxylation is 1. The average molecular weight is 508 g/mol. The normalized spacial score (nSPS) is 15.1. The van der Waals surface area contributed by atoms with E-state index >= 15 is 0 Å². The SMILES string of the molecule is CC1=C(C(=O)Nc2ccccc2)C(c2sccc2C)n2nc(SCc3ccccc3Cl)nc2N1. The lowest BCUT2D eigenvalue weighted by molar-refractivity contribution is -0.113. The summed E-state index contributed by atoms with van der Waals surface area (Å²) < 4.78 is 1.82. The molecular weight excluding hydrogens is 486 g/mol. The number of hydrogen-bond acceptors (Lipinski definition) is 6. The van der Waals surface area contributed by atoms with E-state index in [2.05, 4.69) is 23.6 Å². The van der Waals surface area contributed by atoms with Gasteiger partial charge in [-0.05, 0) is 54.6 Å². The number of nitrogens with one attached hydrogen (secondary N) is 2. The minimum Gasteiger partial charge on any atom is -0.328 e. The number of benzene rings is 2. The predicted molar refractivity (Wildman–Crippen MR) is 140 cm³/mol. The summed E-state index contributed by atoms with van der Waals surface area (Å²) in [5.74, 6) is 1.10. The molecule has 6 nitrogen and oxygen atoms in total. The highest BCUT2D eigenvalue weighted by atomic mass is 35.5. The molecule has 1 amide bonds. The summed E-state index contributed by atoms with van der Waals surface area (Å²) in [6.45, 7) is 3.96. The fraction of sp³-hybridized carbons (Fsp3) is 0.160. The zero-order valence-corrected chi connectivity index (χ0v) is 21.0. The Labute approximate surface area is 211 Å². The Kier molecular flexibility index (Phi) is 6.45. The number of amides is 1. The van der Waals surface area contributed by atoms with Crippen LogP contribution in [-0.4, -0.2) is 20.7 Å². The Morgan fingerprint density at radius 2 is 1.91 bits per heavy atom. The third-order valence-corrected chi connectivity index (χ3v) is 7.90. The molecule has 1 unspecified atom stereocenters. The third kappa shape index (κ3) is 4.49. The standard InChI is InChI=1S/C25H22ClN5OS2/c1-15-12-13-33-22(15)21-20(23(32)28-18-9-4-3-5-10-18)16(2)27-24-29-25(30-31(21)24)34-14-17-8-6-7-11-19(17)26/h3-13,21H,14H2,1-2H3,(H,28,32)(H,27,29,30). The number of nitrogens with zero attached hydrogens (tertiary/aromatic N) is 3. The molecule has 0 saturated carbocycles. The minimum atomic E-state index is -0.373. The van der Waals surface area contributed by atoms with Gasteiger partial charge >= 0.3 is 0 Å². The first-order chi connectivity index (χ1) is 16.5. The van der Waals surface area contributed by atoms with E-state index in [1.54, 1.807) is 11.3 Å². The number of aromatic nitrogens is 3. The van der Waals surface area contributed by atoms with Gasteiger partial charge in [0.05, 0.1) is 5.57 Å². The maximum Gasteiger partial charge on any atom is 0.255 e. The van der Waals surface area contributed by atoms with E-state index in [-0.39, 0.29) is 11.9 Å². The van der Waals surface area contributed by atoms with Crippen LogP contribution in [0.3, 0.4) is 0 Å². The number of halogens is 1. The Hall–Kier alpha value is -3.07. The zero-order valence-electron chi connectivity index (χ0n) is 18.6. The van der Waals surface area contributed by atoms with Crippen LogP contribution in [0.25, 0.3) is 0 Å². The molecule has 9 heteroatoms. The molecule has 1 aliphatic rings. The van der Waals surface area contributed by atoms with Crippen molar-refractivity contribution < 1.29 is 4.79 Å². The van der Waals surface area contributed by atoms with Gasteiger partial charge in [-0.15, -0.1) is 16.4 Å². The minimum absolute atomic E-state index is 0.166. The Morgan fingerprint density at radius 1 is 1.15 bits per heavy atom. The highest BCUT2D eigenvalue weighted by Crippen LogP contribution is 2.40. The van der Waals surface area contributed by atoms with E-state index < -0.39 is 0 Å². The molecule has 3 heterocycles. The van der Waals surface area contributed by atoms with Crippen molar-refractivity contribution in [1.82, 2.24) is 14.8 Å². The van der Waals surface area contributed by atoms with Gasteiger partial charge in [-0.3, -0.25) is 4.79 Å². The van der Waals surface area contributed by atoms with Crippen molar-refractivity contribution >= 4 is 52.2 Å². The van der Waals surface area contributed by atoms with Crippen molar-refractivity contribution in [2.24, 2.45) is 0 Å². The van der Waals surface area contributed by atoms with E-state index in [4.69, 9.17) is 21.7 Å². The van der Waals surface area contributed by atoms with E-state index in [9.17, 15) is 4.79 Å². The number of anilines is 2. The van der Waals surface area contributed by atoms with Crippen LogP contribution >= 0.6 is 34.7 Å². The van der Waals surface area contributed by atoms with E-state index in [0.717, 1.165) is 32.4 Å². The number of thioether (sulfide) groups is 1. The zero-order chi connectivity index (χ0) is 23.7. The second-order valence-electron chi connectivity index (χ2n) is 7.90. The molecule has 0 radical (unpaired) electrons. The second kappa shape index (κ2) is 9.66. The molecule has 172 valence electrons. The first kappa shape index (κ1) is 22.7. The lowest BCUT2D eigenvalue weighted by Gasteiger charge is -2.28.